The molecule has 3 atom stereocenters. The van der Waals surface area contributed by atoms with Crippen LogP contribution in [0.1, 0.15) is 46.5 Å². The molecule has 0 aliphatic heterocycles. The van der Waals surface area contributed by atoms with Crippen LogP contribution < -0.4 is 0 Å². The largest absolute Gasteiger partial charge is 0.300 e. The van der Waals surface area contributed by atoms with Crippen LogP contribution in [0.4, 0.5) is 0 Å². The van der Waals surface area contributed by atoms with Crippen LogP contribution in [0.15, 0.2) is 0 Å². The number of carbonyl (C=O) groups excluding carboxylic acids is 2. The highest BCUT2D eigenvalue weighted by Gasteiger charge is 2.57. The van der Waals surface area contributed by atoms with Gasteiger partial charge < -0.3 is 0 Å². The number of carbonyl (C=O) groups is 2. The van der Waals surface area contributed by atoms with Crippen molar-refractivity contribution in [2.24, 2.45) is 23.2 Å². The van der Waals surface area contributed by atoms with Crippen LogP contribution in [0.2, 0.25) is 0 Å². The predicted molar refractivity (Wildman–Crippen MR) is 58.4 cm³/mol. The molecule has 3 fully saturated rings. The molecule has 2 nitrogen and oxygen atoms in total. The molecule has 3 aliphatic carbocycles. The van der Waals surface area contributed by atoms with E-state index in [1.54, 1.807) is 0 Å². The van der Waals surface area contributed by atoms with Crippen molar-refractivity contribution in [3.05, 3.63) is 0 Å². The molecule has 2 bridgehead atoms. The Morgan fingerprint density at radius 2 is 2.13 bits per heavy atom. The van der Waals surface area contributed by atoms with E-state index in [1.807, 2.05) is 6.92 Å². The van der Waals surface area contributed by atoms with Crippen LogP contribution in [0.5, 0.6) is 0 Å². The zero-order valence-electron chi connectivity index (χ0n) is 9.88. The van der Waals surface area contributed by atoms with E-state index in [2.05, 4.69) is 13.8 Å². The second kappa shape index (κ2) is 3.43. The first-order valence-electron chi connectivity index (χ1n) is 6.01. The molecule has 15 heavy (non-hydrogen) atoms. The molecule has 3 aliphatic rings. The Balaban J connectivity index is 2.09. The summed E-state index contributed by atoms with van der Waals surface area (Å²) in [4.78, 5) is 23.3. The first-order valence-corrected chi connectivity index (χ1v) is 6.01. The first kappa shape index (κ1) is 10.8. The lowest BCUT2D eigenvalue weighted by Gasteiger charge is -2.59. The van der Waals surface area contributed by atoms with E-state index in [-0.39, 0.29) is 11.7 Å². The van der Waals surface area contributed by atoms with Crippen LogP contribution in [0, 0.1) is 23.2 Å². The van der Waals surface area contributed by atoms with Crippen molar-refractivity contribution < 1.29 is 9.59 Å². The minimum Gasteiger partial charge on any atom is -0.300 e. The Hall–Kier alpha value is -0.660. The summed E-state index contributed by atoms with van der Waals surface area (Å²) < 4.78 is 0. The van der Waals surface area contributed by atoms with Crippen LogP contribution in [-0.4, -0.2) is 11.6 Å². The highest BCUT2D eigenvalue weighted by Crippen LogP contribution is 2.60. The van der Waals surface area contributed by atoms with Gasteiger partial charge in [-0.05, 0) is 23.7 Å². The SMILES string of the molecule is CCC(=O)CC1C(=O)CC2CC1C2(C)C. The molecule has 0 spiro atoms. The molecule has 0 saturated heterocycles. The second-order valence-corrected chi connectivity index (χ2v) is 5.73. The third kappa shape index (κ3) is 1.54. The minimum absolute atomic E-state index is 0.0393. The van der Waals surface area contributed by atoms with Gasteiger partial charge in [0.25, 0.3) is 0 Å². The molecule has 0 heterocycles. The predicted octanol–water partition coefficient (Wildman–Crippen LogP) is 2.61. The zero-order chi connectivity index (χ0) is 11.2. The molecular weight excluding hydrogens is 188 g/mol. The maximum absolute atomic E-state index is 11.8. The second-order valence-electron chi connectivity index (χ2n) is 5.73. The maximum atomic E-state index is 11.8. The minimum atomic E-state index is 0.0393. The van der Waals surface area contributed by atoms with E-state index in [9.17, 15) is 9.59 Å². The van der Waals surface area contributed by atoms with Gasteiger partial charge in [-0.15, -0.1) is 0 Å². The van der Waals surface area contributed by atoms with E-state index in [0.717, 1.165) is 0 Å². The third-order valence-corrected chi connectivity index (χ3v) is 4.74. The standard InChI is InChI=1S/C13H20O2/c1-4-9(14)7-10-11-5-8(6-12(10)15)13(11,2)3/h8,10-11H,4-7H2,1-3H3. The lowest BCUT2D eigenvalue weighted by atomic mass is 9.45. The number of Topliss-reactive ketones (excluding diaryl/α,β-unsaturated/α-hetero) is 2. The molecule has 2 heteroatoms. The van der Waals surface area contributed by atoms with Crippen LogP contribution in [0.3, 0.4) is 0 Å². The van der Waals surface area contributed by atoms with Gasteiger partial charge in [-0.25, -0.2) is 0 Å². The summed E-state index contributed by atoms with van der Waals surface area (Å²) in [5.74, 6) is 1.69. The molecule has 0 aromatic heterocycles. The molecule has 0 aromatic rings. The van der Waals surface area contributed by atoms with Gasteiger partial charge >= 0.3 is 0 Å². The number of hydrogen-bond acceptors (Lipinski definition) is 2. The highest BCUT2D eigenvalue weighted by molar-refractivity contribution is 5.89. The Kier molecular flexibility index (Phi) is 2.48. The molecular formula is C13H20O2. The smallest absolute Gasteiger partial charge is 0.137 e. The van der Waals surface area contributed by atoms with E-state index in [0.29, 0.717) is 42.3 Å². The van der Waals surface area contributed by atoms with Gasteiger partial charge in [0.1, 0.15) is 11.6 Å². The summed E-state index contributed by atoms with van der Waals surface area (Å²) in [5, 5.41) is 0. The molecule has 3 saturated carbocycles. The number of rotatable bonds is 3. The van der Waals surface area contributed by atoms with Gasteiger partial charge in [0.05, 0.1) is 0 Å². The van der Waals surface area contributed by atoms with Gasteiger partial charge in [-0.2, -0.15) is 0 Å². The topological polar surface area (TPSA) is 34.1 Å². The Bertz CT molecular complexity index is 304. The zero-order valence-corrected chi connectivity index (χ0v) is 9.88. The van der Waals surface area contributed by atoms with Crippen LogP contribution in [0.25, 0.3) is 0 Å². The third-order valence-electron chi connectivity index (χ3n) is 4.74. The monoisotopic (exact) mass is 208 g/mol. The lowest BCUT2D eigenvalue weighted by molar-refractivity contribution is -0.157. The fourth-order valence-electron chi connectivity index (χ4n) is 3.35. The van der Waals surface area contributed by atoms with Crippen molar-refractivity contribution in [2.45, 2.75) is 46.5 Å². The lowest BCUT2D eigenvalue weighted by Crippen LogP contribution is -2.56. The average molecular weight is 208 g/mol. The van der Waals surface area contributed by atoms with Crippen molar-refractivity contribution in [1.82, 2.24) is 0 Å². The van der Waals surface area contributed by atoms with Gasteiger partial charge in [-0.3, -0.25) is 9.59 Å². The fourth-order valence-corrected chi connectivity index (χ4v) is 3.35. The van der Waals surface area contributed by atoms with Crippen molar-refractivity contribution in [3.8, 4) is 0 Å². The molecule has 84 valence electrons. The summed E-state index contributed by atoms with van der Waals surface area (Å²) in [5.41, 5.74) is 0.298. The first-order chi connectivity index (χ1) is 6.96. The Morgan fingerprint density at radius 1 is 1.47 bits per heavy atom. The van der Waals surface area contributed by atoms with Gasteiger partial charge in [0.15, 0.2) is 0 Å². The Labute approximate surface area is 91.4 Å². The summed E-state index contributed by atoms with van der Waals surface area (Å²) in [6, 6.07) is 0. The quantitative estimate of drug-likeness (QED) is 0.714. The highest BCUT2D eigenvalue weighted by atomic mass is 16.1. The van der Waals surface area contributed by atoms with Gasteiger partial charge in [0, 0.05) is 25.2 Å². The molecule has 0 amide bonds. The molecule has 0 radical (unpaired) electrons. The van der Waals surface area contributed by atoms with Crippen molar-refractivity contribution in [3.63, 3.8) is 0 Å². The van der Waals surface area contributed by atoms with Crippen molar-refractivity contribution in [2.75, 3.05) is 0 Å². The number of hydrogen-bond donors (Lipinski definition) is 0. The molecule has 3 rings (SSSR count). The van der Waals surface area contributed by atoms with E-state index in [1.165, 1.54) is 6.42 Å². The van der Waals surface area contributed by atoms with Crippen molar-refractivity contribution in [1.29, 1.82) is 0 Å². The summed E-state index contributed by atoms with van der Waals surface area (Å²) in [6.07, 6.45) is 2.95. The maximum Gasteiger partial charge on any atom is 0.137 e. The van der Waals surface area contributed by atoms with Crippen LogP contribution >= 0.6 is 0 Å². The van der Waals surface area contributed by atoms with E-state index < -0.39 is 0 Å². The molecule has 3 unspecified atom stereocenters. The summed E-state index contributed by atoms with van der Waals surface area (Å²) >= 11 is 0. The summed E-state index contributed by atoms with van der Waals surface area (Å²) in [7, 11) is 0. The molecule has 0 aromatic carbocycles. The van der Waals surface area contributed by atoms with E-state index >= 15 is 0 Å². The van der Waals surface area contributed by atoms with Crippen LogP contribution in [-0.2, 0) is 9.59 Å². The molecule has 0 N–H and O–H groups in total. The van der Waals surface area contributed by atoms with Crippen molar-refractivity contribution >= 4 is 11.6 Å². The van der Waals surface area contributed by atoms with Gasteiger partial charge in [0.2, 0.25) is 0 Å². The van der Waals surface area contributed by atoms with E-state index in [4.69, 9.17) is 0 Å². The number of ketones is 2. The average Bonchev–Trinajstić information content (AvgIpc) is 2.19. The fraction of sp³-hybridized carbons (Fsp3) is 0.846. The summed E-state index contributed by atoms with van der Waals surface area (Å²) in [6.45, 7) is 6.38. The normalized spacial score (nSPS) is 37.3. The number of fused-ring (bicyclic) bond motifs is 2. The Morgan fingerprint density at radius 3 is 2.67 bits per heavy atom. The van der Waals surface area contributed by atoms with Gasteiger partial charge in [-0.1, -0.05) is 20.8 Å².